The Morgan fingerprint density at radius 3 is 2.69 bits per heavy atom. The molecular weight excluding hydrogens is 272 g/mol. The van der Waals surface area contributed by atoms with Crippen LogP contribution in [-0.4, -0.2) is 4.92 Å². The fourth-order valence-electron chi connectivity index (χ4n) is 1.37. The predicted octanol–water partition coefficient (Wildman–Crippen LogP) is 3.55. The van der Waals surface area contributed by atoms with Gasteiger partial charge in [0.25, 0.3) is 5.69 Å². The van der Waals surface area contributed by atoms with Gasteiger partial charge in [0, 0.05) is 17.9 Å². The topological polar surface area (TPSA) is 66.9 Å². The smallest absolute Gasteiger partial charge is 0.258 e. The minimum atomic E-state index is -0.434. The quantitative estimate of drug-likeness (QED) is 0.629. The number of nitro benzene ring substituents is 1. The Kier molecular flexibility index (Phi) is 3.66. The van der Waals surface area contributed by atoms with E-state index in [-0.39, 0.29) is 11.1 Å². The highest BCUT2D eigenvalue weighted by Gasteiger charge is 2.23. The van der Waals surface area contributed by atoms with Gasteiger partial charge in [-0.05, 0) is 27.6 Å². The lowest BCUT2D eigenvalue weighted by atomic mass is 9.82. The van der Waals surface area contributed by atoms with Gasteiger partial charge in [0.15, 0.2) is 0 Å². The molecule has 0 saturated carbocycles. The van der Waals surface area contributed by atoms with E-state index in [0.29, 0.717) is 10.9 Å². The standard InChI is InChI=1S/C11H11BrN2O2/c1-11(2,5-6-13)8-3-4-9(12)10(7-8)14(15)16/h3-4,7H,5H2,1-2H3. The van der Waals surface area contributed by atoms with Crippen LogP contribution in [0.1, 0.15) is 25.8 Å². The number of rotatable bonds is 3. The summed E-state index contributed by atoms with van der Waals surface area (Å²) in [7, 11) is 0. The lowest BCUT2D eigenvalue weighted by molar-refractivity contribution is -0.385. The van der Waals surface area contributed by atoms with E-state index < -0.39 is 4.92 Å². The van der Waals surface area contributed by atoms with Crippen LogP contribution >= 0.6 is 15.9 Å². The number of nitrogens with zero attached hydrogens (tertiary/aromatic N) is 2. The molecule has 0 aliphatic carbocycles. The van der Waals surface area contributed by atoms with Gasteiger partial charge in [0.05, 0.1) is 15.5 Å². The number of halogens is 1. The summed E-state index contributed by atoms with van der Waals surface area (Å²) in [5.41, 5.74) is 0.452. The molecule has 84 valence electrons. The van der Waals surface area contributed by atoms with Gasteiger partial charge < -0.3 is 0 Å². The lowest BCUT2D eigenvalue weighted by Gasteiger charge is -2.21. The van der Waals surface area contributed by atoms with Crippen LogP contribution < -0.4 is 0 Å². The summed E-state index contributed by atoms with van der Waals surface area (Å²) < 4.78 is 0.453. The lowest BCUT2D eigenvalue weighted by Crippen LogP contribution is -2.16. The summed E-state index contributed by atoms with van der Waals surface area (Å²) in [6.07, 6.45) is 0.325. The SMILES string of the molecule is CC(C)(CC#N)c1ccc(Br)c([N+](=O)[O-])c1. The zero-order valence-electron chi connectivity index (χ0n) is 9.03. The van der Waals surface area contributed by atoms with Crippen LogP contribution in [0.5, 0.6) is 0 Å². The Morgan fingerprint density at radius 2 is 2.19 bits per heavy atom. The number of hydrogen-bond acceptors (Lipinski definition) is 3. The largest absolute Gasteiger partial charge is 0.283 e. The van der Waals surface area contributed by atoms with E-state index >= 15 is 0 Å². The maximum Gasteiger partial charge on any atom is 0.283 e. The molecular formula is C11H11BrN2O2. The van der Waals surface area contributed by atoms with Gasteiger partial charge in [-0.2, -0.15) is 5.26 Å². The van der Waals surface area contributed by atoms with E-state index in [4.69, 9.17) is 5.26 Å². The maximum absolute atomic E-state index is 10.8. The van der Waals surface area contributed by atoms with E-state index in [1.165, 1.54) is 6.07 Å². The van der Waals surface area contributed by atoms with E-state index in [2.05, 4.69) is 22.0 Å². The molecule has 0 radical (unpaired) electrons. The molecule has 4 nitrogen and oxygen atoms in total. The van der Waals surface area contributed by atoms with Crippen molar-refractivity contribution < 1.29 is 4.92 Å². The fourth-order valence-corrected chi connectivity index (χ4v) is 1.76. The molecule has 0 aromatic heterocycles. The van der Waals surface area contributed by atoms with E-state index in [0.717, 1.165) is 5.56 Å². The molecule has 5 heteroatoms. The average molecular weight is 283 g/mol. The first-order chi connectivity index (χ1) is 7.38. The molecule has 1 aromatic carbocycles. The normalized spacial score (nSPS) is 10.9. The Morgan fingerprint density at radius 1 is 1.56 bits per heavy atom. The second-order valence-corrected chi connectivity index (χ2v) is 5.00. The Labute approximate surface area is 102 Å². The van der Waals surface area contributed by atoms with Crippen LogP contribution in [0.25, 0.3) is 0 Å². The predicted molar refractivity (Wildman–Crippen MR) is 64.1 cm³/mol. The third kappa shape index (κ3) is 2.58. The minimum Gasteiger partial charge on any atom is -0.258 e. The third-order valence-electron chi connectivity index (χ3n) is 2.45. The van der Waals surface area contributed by atoms with Gasteiger partial charge in [-0.25, -0.2) is 0 Å². The Bertz CT molecular complexity index is 464. The summed E-state index contributed by atoms with van der Waals surface area (Å²) in [4.78, 5) is 10.3. The monoisotopic (exact) mass is 282 g/mol. The molecule has 1 aromatic rings. The van der Waals surface area contributed by atoms with Crippen LogP contribution in [-0.2, 0) is 5.41 Å². The first-order valence-electron chi connectivity index (χ1n) is 4.70. The molecule has 16 heavy (non-hydrogen) atoms. The van der Waals surface area contributed by atoms with E-state index in [9.17, 15) is 10.1 Å². The van der Waals surface area contributed by atoms with Crippen molar-refractivity contribution in [3.8, 4) is 6.07 Å². The summed E-state index contributed by atoms with van der Waals surface area (Å²) in [5.74, 6) is 0. The molecule has 0 atom stereocenters. The van der Waals surface area contributed by atoms with Gasteiger partial charge in [-0.1, -0.05) is 19.9 Å². The second kappa shape index (κ2) is 4.62. The molecule has 0 N–H and O–H groups in total. The van der Waals surface area contributed by atoms with Crippen LogP contribution in [0.2, 0.25) is 0 Å². The highest BCUT2D eigenvalue weighted by molar-refractivity contribution is 9.10. The molecule has 0 aliphatic rings. The fraction of sp³-hybridized carbons (Fsp3) is 0.364. The molecule has 0 fully saturated rings. The minimum absolute atomic E-state index is 0.0310. The first kappa shape index (κ1) is 12.7. The van der Waals surface area contributed by atoms with Crippen molar-refractivity contribution in [2.24, 2.45) is 0 Å². The van der Waals surface area contributed by atoms with Gasteiger partial charge in [0.2, 0.25) is 0 Å². The summed E-state index contributed by atoms with van der Waals surface area (Å²) in [6, 6.07) is 7.05. The molecule has 0 unspecified atom stereocenters. The van der Waals surface area contributed by atoms with Gasteiger partial charge in [0.1, 0.15) is 0 Å². The van der Waals surface area contributed by atoms with Crippen LogP contribution in [0.15, 0.2) is 22.7 Å². The van der Waals surface area contributed by atoms with Crippen molar-refractivity contribution in [1.29, 1.82) is 5.26 Å². The molecule has 0 spiro atoms. The van der Waals surface area contributed by atoms with Crippen molar-refractivity contribution in [2.75, 3.05) is 0 Å². The molecule has 0 heterocycles. The Balaban J connectivity index is 3.23. The zero-order valence-corrected chi connectivity index (χ0v) is 10.6. The Hall–Kier alpha value is -1.41. The second-order valence-electron chi connectivity index (χ2n) is 4.14. The third-order valence-corrected chi connectivity index (χ3v) is 3.12. The number of nitriles is 1. The summed E-state index contributed by atoms with van der Waals surface area (Å²) in [5, 5.41) is 19.5. The summed E-state index contributed by atoms with van der Waals surface area (Å²) >= 11 is 3.13. The van der Waals surface area contributed by atoms with Crippen molar-refractivity contribution >= 4 is 21.6 Å². The molecule has 0 saturated heterocycles. The zero-order chi connectivity index (χ0) is 12.3. The average Bonchev–Trinajstić information content (AvgIpc) is 2.17. The molecule has 0 amide bonds. The van der Waals surface area contributed by atoms with Crippen LogP contribution in [0, 0.1) is 21.4 Å². The molecule has 0 aliphatic heterocycles. The number of hydrogen-bond donors (Lipinski definition) is 0. The first-order valence-corrected chi connectivity index (χ1v) is 5.49. The maximum atomic E-state index is 10.8. The number of nitro groups is 1. The van der Waals surface area contributed by atoms with E-state index in [1.54, 1.807) is 12.1 Å². The molecule has 1 rings (SSSR count). The van der Waals surface area contributed by atoms with Gasteiger partial charge >= 0.3 is 0 Å². The van der Waals surface area contributed by atoms with E-state index in [1.807, 2.05) is 13.8 Å². The van der Waals surface area contributed by atoms with Crippen molar-refractivity contribution in [3.05, 3.63) is 38.3 Å². The van der Waals surface area contributed by atoms with Gasteiger partial charge in [-0.15, -0.1) is 0 Å². The number of benzene rings is 1. The van der Waals surface area contributed by atoms with Crippen molar-refractivity contribution in [1.82, 2.24) is 0 Å². The van der Waals surface area contributed by atoms with Crippen LogP contribution in [0.4, 0.5) is 5.69 Å². The molecule has 0 bridgehead atoms. The summed E-state index contributed by atoms with van der Waals surface area (Å²) in [6.45, 7) is 3.78. The van der Waals surface area contributed by atoms with Crippen molar-refractivity contribution in [2.45, 2.75) is 25.7 Å². The van der Waals surface area contributed by atoms with Gasteiger partial charge in [-0.3, -0.25) is 10.1 Å². The van der Waals surface area contributed by atoms with Crippen LogP contribution in [0.3, 0.4) is 0 Å². The highest BCUT2D eigenvalue weighted by atomic mass is 79.9. The highest BCUT2D eigenvalue weighted by Crippen LogP contribution is 2.33. The van der Waals surface area contributed by atoms with Crippen molar-refractivity contribution in [3.63, 3.8) is 0 Å².